The zero-order chi connectivity index (χ0) is 18.1. The summed E-state index contributed by atoms with van der Waals surface area (Å²) < 4.78 is 11.1. The Balaban J connectivity index is 2.19. The van der Waals surface area contributed by atoms with Gasteiger partial charge in [0.05, 0.1) is 12.7 Å². The van der Waals surface area contributed by atoms with Gasteiger partial charge in [0, 0.05) is 25.5 Å². The molecule has 0 radical (unpaired) electrons. The van der Waals surface area contributed by atoms with Gasteiger partial charge in [0.2, 0.25) is 5.91 Å². The van der Waals surface area contributed by atoms with Gasteiger partial charge in [0.1, 0.15) is 12.2 Å². The van der Waals surface area contributed by atoms with Crippen LogP contribution in [0.15, 0.2) is 0 Å². The summed E-state index contributed by atoms with van der Waals surface area (Å²) in [5, 5.41) is 31.8. The van der Waals surface area contributed by atoms with Crippen LogP contribution in [-0.4, -0.2) is 65.6 Å². The average Bonchev–Trinajstić information content (AvgIpc) is 2.59. The minimum atomic E-state index is -1.11. The van der Waals surface area contributed by atoms with Crippen molar-refractivity contribution in [2.45, 2.75) is 71.1 Å². The first-order chi connectivity index (χ1) is 11.4. The van der Waals surface area contributed by atoms with Gasteiger partial charge in [-0.15, -0.1) is 0 Å². The molecule has 0 aromatic rings. The summed E-state index contributed by atoms with van der Waals surface area (Å²) in [5.41, 5.74) is 0. The van der Waals surface area contributed by atoms with Gasteiger partial charge >= 0.3 is 0 Å². The quantitative estimate of drug-likeness (QED) is 0.426. The Labute approximate surface area is 144 Å². The Hall–Kier alpha value is -0.730. The van der Waals surface area contributed by atoms with Crippen LogP contribution in [0.3, 0.4) is 0 Å². The normalized spacial score (nSPS) is 31.7. The lowest BCUT2D eigenvalue weighted by atomic mass is 9.92. The second kappa shape index (κ2) is 11.0. The predicted octanol–water partition coefficient (Wildman–Crippen LogP) is 0.411. The highest BCUT2D eigenvalue weighted by Gasteiger charge is 2.42. The number of hydrogen-bond acceptors (Lipinski definition) is 6. The molecule has 1 amide bonds. The first-order valence-corrected chi connectivity index (χ1v) is 8.91. The highest BCUT2D eigenvalue weighted by atomic mass is 16.7. The first-order valence-electron chi connectivity index (χ1n) is 8.91. The molecular formula is C17H33NO6. The van der Waals surface area contributed by atoms with Gasteiger partial charge in [-0.05, 0) is 18.8 Å². The molecule has 0 aromatic carbocycles. The molecule has 0 aromatic heterocycles. The van der Waals surface area contributed by atoms with Crippen molar-refractivity contribution in [3.63, 3.8) is 0 Å². The predicted molar refractivity (Wildman–Crippen MR) is 89.2 cm³/mol. The second-order valence-electron chi connectivity index (χ2n) is 6.71. The first kappa shape index (κ1) is 21.3. The Morgan fingerprint density at radius 3 is 2.62 bits per heavy atom. The number of ether oxygens (including phenoxy) is 2. The number of carbonyl (C=O) groups is 1. The minimum Gasteiger partial charge on any atom is -0.394 e. The molecule has 142 valence electrons. The SMILES string of the molecule is CCC(C)CNC(=O)CCCCO[C@@H]1OC(CO)[C@H](O)C(O)[C@@H]1C. The molecule has 24 heavy (non-hydrogen) atoms. The zero-order valence-corrected chi connectivity index (χ0v) is 15.0. The van der Waals surface area contributed by atoms with Crippen molar-refractivity contribution < 1.29 is 29.6 Å². The number of aliphatic hydroxyl groups is 3. The summed E-state index contributed by atoms with van der Waals surface area (Å²) >= 11 is 0. The summed E-state index contributed by atoms with van der Waals surface area (Å²) in [6.45, 7) is 6.66. The van der Waals surface area contributed by atoms with Gasteiger partial charge < -0.3 is 30.1 Å². The molecular weight excluding hydrogens is 314 g/mol. The van der Waals surface area contributed by atoms with Crippen LogP contribution < -0.4 is 5.32 Å². The highest BCUT2D eigenvalue weighted by Crippen LogP contribution is 2.26. The lowest BCUT2D eigenvalue weighted by Crippen LogP contribution is -2.55. The van der Waals surface area contributed by atoms with Gasteiger partial charge in [-0.1, -0.05) is 27.2 Å². The molecule has 1 rings (SSSR count). The van der Waals surface area contributed by atoms with Crippen LogP contribution in [0.4, 0.5) is 0 Å². The molecule has 0 saturated carbocycles. The third-order valence-corrected chi connectivity index (χ3v) is 4.61. The summed E-state index contributed by atoms with van der Waals surface area (Å²) in [6.07, 6.45) is -0.697. The molecule has 1 aliphatic rings. The van der Waals surface area contributed by atoms with Crippen molar-refractivity contribution in [2.75, 3.05) is 19.8 Å². The monoisotopic (exact) mass is 347 g/mol. The molecule has 6 atom stereocenters. The van der Waals surface area contributed by atoms with Crippen molar-refractivity contribution >= 4 is 5.91 Å². The van der Waals surface area contributed by atoms with E-state index in [2.05, 4.69) is 19.2 Å². The summed E-state index contributed by atoms with van der Waals surface area (Å²) in [4.78, 5) is 11.7. The fraction of sp³-hybridized carbons (Fsp3) is 0.941. The smallest absolute Gasteiger partial charge is 0.220 e. The lowest BCUT2D eigenvalue weighted by Gasteiger charge is -2.40. The average molecular weight is 347 g/mol. The van der Waals surface area contributed by atoms with Gasteiger partial charge in [-0.2, -0.15) is 0 Å². The number of amides is 1. The molecule has 1 heterocycles. The van der Waals surface area contributed by atoms with Crippen LogP contribution in [-0.2, 0) is 14.3 Å². The number of unbranched alkanes of at least 4 members (excludes halogenated alkanes) is 1. The summed E-state index contributed by atoms with van der Waals surface area (Å²) in [6, 6.07) is 0. The van der Waals surface area contributed by atoms with Crippen LogP contribution in [0, 0.1) is 11.8 Å². The standard InChI is InChI=1S/C17H33NO6/c1-4-11(2)9-18-14(20)7-5-6-8-23-17-12(3)15(21)16(22)13(10-19)24-17/h11-13,15-17,19,21-22H,4-10H2,1-3H3,(H,18,20)/t11?,12-,13?,15?,16-,17+/m0/s1. The maximum atomic E-state index is 11.7. The maximum absolute atomic E-state index is 11.7. The van der Waals surface area contributed by atoms with Crippen molar-refractivity contribution in [1.29, 1.82) is 0 Å². The van der Waals surface area contributed by atoms with Crippen LogP contribution in [0.1, 0.15) is 46.5 Å². The Bertz CT molecular complexity index is 365. The number of aliphatic hydroxyl groups excluding tert-OH is 3. The van der Waals surface area contributed by atoms with Gasteiger partial charge in [-0.3, -0.25) is 4.79 Å². The van der Waals surface area contributed by atoms with Crippen molar-refractivity contribution in [1.82, 2.24) is 5.32 Å². The molecule has 0 bridgehead atoms. The molecule has 3 unspecified atom stereocenters. The summed E-state index contributed by atoms with van der Waals surface area (Å²) in [5.74, 6) is 0.154. The molecule has 1 fully saturated rings. The Morgan fingerprint density at radius 1 is 1.29 bits per heavy atom. The number of carbonyl (C=O) groups excluding carboxylic acids is 1. The molecule has 1 aliphatic heterocycles. The van der Waals surface area contributed by atoms with E-state index >= 15 is 0 Å². The second-order valence-corrected chi connectivity index (χ2v) is 6.71. The van der Waals surface area contributed by atoms with Crippen LogP contribution in [0.5, 0.6) is 0 Å². The minimum absolute atomic E-state index is 0.0523. The van der Waals surface area contributed by atoms with Crippen molar-refractivity contribution in [2.24, 2.45) is 11.8 Å². The van der Waals surface area contributed by atoms with Gasteiger partial charge in [0.25, 0.3) is 0 Å². The number of nitrogens with one attached hydrogen (secondary N) is 1. The van der Waals surface area contributed by atoms with E-state index in [0.29, 0.717) is 38.3 Å². The third-order valence-electron chi connectivity index (χ3n) is 4.61. The highest BCUT2D eigenvalue weighted by molar-refractivity contribution is 5.75. The van der Waals surface area contributed by atoms with E-state index in [0.717, 1.165) is 6.42 Å². The molecule has 0 spiro atoms. The van der Waals surface area contributed by atoms with E-state index in [-0.39, 0.29) is 18.4 Å². The lowest BCUT2D eigenvalue weighted by molar-refractivity contribution is -0.282. The van der Waals surface area contributed by atoms with Crippen LogP contribution in [0.25, 0.3) is 0 Å². The van der Waals surface area contributed by atoms with Gasteiger partial charge in [-0.25, -0.2) is 0 Å². The number of hydrogen-bond donors (Lipinski definition) is 4. The Kier molecular flexibility index (Phi) is 9.76. The zero-order valence-electron chi connectivity index (χ0n) is 15.0. The molecule has 7 heteroatoms. The largest absolute Gasteiger partial charge is 0.394 e. The molecule has 7 nitrogen and oxygen atoms in total. The van der Waals surface area contributed by atoms with E-state index in [1.807, 2.05) is 0 Å². The van der Waals surface area contributed by atoms with E-state index in [1.54, 1.807) is 6.92 Å². The summed E-state index contributed by atoms with van der Waals surface area (Å²) in [7, 11) is 0. The molecule has 4 N–H and O–H groups in total. The Morgan fingerprint density at radius 2 is 2.00 bits per heavy atom. The molecule has 1 saturated heterocycles. The van der Waals surface area contributed by atoms with Crippen LogP contribution in [0.2, 0.25) is 0 Å². The van der Waals surface area contributed by atoms with Gasteiger partial charge in [0.15, 0.2) is 6.29 Å². The van der Waals surface area contributed by atoms with Crippen molar-refractivity contribution in [3.8, 4) is 0 Å². The van der Waals surface area contributed by atoms with Crippen LogP contribution >= 0.6 is 0 Å². The number of rotatable bonds is 10. The fourth-order valence-corrected chi connectivity index (χ4v) is 2.52. The van der Waals surface area contributed by atoms with E-state index in [4.69, 9.17) is 14.6 Å². The van der Waals surface area contributed by atoms with E-state index in [1.165, 1.54) is 0 Å². The topological polar surface area (TPSA) is 108 Å². The van der Waals surface area contributed by atoms with Crippen molar-refractivity contribution in [3.05, 3.63) is 0 Å². The maximum Gasteiger partial charge on any atom is 0.220 e. The third kappa shape index (κ3) is 6.64. The molecule has 0 aliphatic carbocycles. The fourth-order valence-electron chi connectivity index (χ4n) is 2.52. The van der Waals surface area contributed by atoms with E-state index in [9.17, 15) is 15.0 Å². The van der Waals surface area contributed by atoms with E-state index < -0.39 is 24.6 Å².